The molecule has 2 aromatic carbocycles. The molecule has 2 fully saturated rings. The highest BCUT2D eigenvalue weighted by atomic mass is 32.2. The van der Waals surface area contributed by atoms with Crippen molar-refractivity contribution in [2.45, 2.75) is 117 Å². The molecule has 2 aliphatic rings. The van der Waals surface area contributed by atoms with Crippen molar-refractivity contribution < 1.29 is 4.39 Å². The molecule has 2 aromatic rings. The van der Waals surface area contributed by atoms with Gasteiger partial charge >= 0.3 is 0 Å². The lowest BCUT2D eigenvalue weighted by Crippen LogP contribution is -2.11. The molecule has 258 valence electrons. The van der Waals surface area contributed by atoms with Crippen LogP contribution < -0.4 is 15.8 Å². The highest BCUT2D eigenvalue weighted by Gasteiger charge is 2.36. The molecule has 0 aromatic heterocycles. The topological polar surface area (TPSA) is 73.9 Å². The van der Waals surface area contributed by atoms with Gasteiger partial charge in [-0.25, -0.2) is 4.39 Å². The molecule has 2 saturated carbocycles. The van der Waals surface area contributed by atoms with Crippen LogP contribution in [0.4, 0.5) is 10.1 Å². The molecule has 0 heterocycles. The SMILES string of the molecule is C=C(NSCCCCCCCCCCN)c1ccc(NCCCC2CC2CC/C(C(=N)c2c(C)cccc2C)=C(/C)C2CC2)c(F)c1. The third-order valence-electron chi connectivity index (χ3n) is 10.3. The van der Waals surface area contributed by atoms with E-state index < -0.39 is 0 Å². The molecule has 2 unspecified atom stereocenters. The van der Waals surface area contributed by atoms with Crippen LogP contribution in [0.25, 0.3) is 5.70 Å². The van der Waals surface area contributed by atoms with E-state index >= 15 is 0 Å². The molecule has 6 heteroatoms. The van der Waals surface area contributed by atoms with E-state index in [1.165, 1.54) is 99.3 Å². The number of nitrogens with two attached hydrogens (primary N) is 1. The van der Waals surface area contributed by atoms with E-state index in [-0.39, 0.29) is 5.82 Å². The zero-order valence-electron chi connectivity index (χ0n) is 29.5. The molecule has 2 atom stereocenters. The van der Waals surface area contributed by atoms with Crippen molar-refractivity contribution in [3.8, 4) is 0 Å². The van der Waals surface area contributed by atoms with Crippen molar-refractivity contribution in [3.63, 3.8) is 0 Å². The van der Waals surface area contributed by atoms with Crippen LogP contribution in [0.15, 0.2) is 54.1 Å². The third-order valence-corrected chi connectivity index (χ3v) is 11.2. The summed E-state index contributed by atoms with van der Waals surface area (Å²) in [5, 5.41) is 12.5. The molecule has 4 rings (SSSR count). The van der Waals surface area contributed by atoms with Crippen molar-refractivity contribution in [2.75, 3.05) is 24.2 Å². The lowest BCUT2D eigenvalue weighted by molar-refractivity contribution is 0.579. The first kappa shape index (κ1) is 37.3. The molecular formula is C41H61FN4S. The summed E-state index contributed by atoms with van der Waals surface area (Å²) in [6.07, 6.45) is 18.4. The number of hydrogen-bond donors (Lipinski definition) is 4. The van der Waals surface area contributed by atoms with Crippen LogP contribution in [-0.2, 0) is 0 Å². The number of benzene rings is 2. The zero-order valence-corrected chi connectivity index (χ0v) is 30.3. The second kappa shape index (κ2) is 19.4. The van der Waals surface area contributed by atoms with Crippen LogP contribution in [0.1, 0.15) is 125 Å². The van der Waals surface area contributed by atoms with Gasteiger partial charge in [-0.3, -0.25) is 5.41 Å². The van der Waals surface area contributed by atoms with Gasteiger partial charge in [-0.15, -0.1) is 0 Å². The summed E-state index contributed by atoms with van der Waals surface area (Å²) in [5.41, 5.74) is 14.7. The summed E-state index contributed by atoms with van der Waals surface area (Å²) < 4.78 is 18.2. The fourth-order valence-corrected chi connectivity index (χ4v) is 7.74. The average Bonchev–Trinajstić information content (AvgIpc) is 3.99. The standard InChI is InChI=1S/C41H61FN4S/c1-29-15-13-16-30(2)40(29)41(44)37(31(3)33-18-19-33)22-20-36-27-35(36)17-14-25-45-39-23-21-34(28-38(39)42)32(4)46-47-26-12-10-8-6-5-7-9-11-24-43/h13,15-16,21,23,28,33,35-36,44-46H,4-12,14,17-20,22,24-27,43H2,1-3H3/b37-31+,44-41?. The lowest BCUT2D eigenvalue weighted by atomic mass is 9.88. The van der Waals surface area contributed by atoms with E-state index in [9.17, 15) is 9.80 Å². The average molecular weight is 661 g/mol. The number of aryl methyl sites for hydroxylation is 2. The van der Waals surface area contributed by atoms with E-state index in [1.807, 2.05) is 12.1 Å². The van der Waals surface area contributed by atoms with Gasteiger partial charge in [0.1, 0.15) is 5.82 Å². The molecular weight excluding hydrogens is 600 g/mol. The van der Waals surface area contributed by atoms with E-state index in [4.69, 9.17) is 5.73 Å². The van der Waals surface area contributed by atoms with Crippen molar-refractivity contribution in [1.29, 1.82) is 5.41 Å². The van der Waals surface area contributed by atoms with Gasteiger partial charge in [-0.05, 0) is 132 Å². The van der Waals surface area contributed by atoms with Gasteiger partial charge in [0.05, 0.1) is 11.4 Å². The first-order valence-electron chi connectivity index (χ1n) is 18.5. The van der Waals surface area contributed by atoms with Crippen LogP contribution in [0.2, 0.25) is 0 Å². The quantitative estimate of drug-likeness (QED) is 0.0513. The maximum absolute atomic E-state index is 14.9. The first-order chi connectivity index (χ1) is 22.8. The Kier molecular flexibility index (Phi) is 15.4. The number of hydrogen-bond acceptors (Lipinski definition) is 5. The zero-order chi connectivity index (χ0) is 33.6. The summed E-state index contributed by atoms with van der Waals surface area (Å²) in [6, 6.07) is 11.8. The molecule has 0 saturated heterocycles. The molecule has 0 radical (unpaired) electrons. The first-order valence-corrected chi connectivity index (χ1v) is 19.4. The second-order valence-electron chi connectivity index (χ2n) is 14.2. The van der Waals surface area contributed by atoms with E-state index in [0.717, 1.165) is 72.5 Å². The summed E-state index contributed by atoms with van der Waals surface area (Å²) >= 11 is 1.66. The van der Waals surface area contributed by atoms with Gasteiger partial charge in [-0.1, -0.05) is 86.9 Å². The Labute approximate surface area is 289 Å². The summed E-state index contributed by atoms with van der Waals surface area (Å²) in [4.78, 5) is 0. The molecule has 0 spiro atoms. The van der Waals surface area contributed by atoms with Crippen molar-refractivity contribution in [1.82, 2.24) is 4.72 Å². The lowest BCUT2D eigenvalue weighted by Gasteiger charge is -2.17. The minimum atomic E-state index is -0.220. The summed E-state index contributed by atoms with van der Waals surface area (Å²) in [7, 11) is 0. The van der Waals surface area contributed by atoms with Crippen LogP contribution in [0, 0.1) is 42.8 Å². The number of halogens is 1. The minimum absolute atomic E-state index is 0.220. The molecule has 0 bridgehead atoms. The van der Waals surface area contributed by atoms with Crippen molar-refractivity contribution in [2.24, 2.45) is 23.5 Å². The molecule has 0 aliphatic heterocycles. The number of unbranched alkanes of at least 4 members (excludes halogenated alkanes) is 7. The summed E-state index contributed by atoms with van der Waals surface area (Å²) in [5.74, 6) is 3.02. The van der Waals surface area contributed by atoms with Gasteiger partial charge in [-0.2, -0.15) is 0 Å². The fourth-order valence-electron chi connectivity index (χ4n) is 7.00. The maximum Gasteiger partial charge on any atom is 0.146 e. The predicted molar refractivity (Wildman–Crippen MR) is 204 cm³/mol. The number of allylic oxidation sites excluding steroid dienone is 2. The Bertz CT molecular complexity index is 1330. The fraction of sp³-hybridized carbons (Fsp3) is 0.585. The molecule has 0 amide bonds. The van der Waals surface area contributed by atoms with Crippen molar-refractivity contribution >= 4 is 29.0 Å². The smallest absolute Gasteiger partial charge is 0.146 e. The van der Waals surface area contributed by atoms with Crippen LogP contribution in [-0.4, -0.2) is 24.6 Å². The molecule has 4 nitrogen and oxygen atoms in total. The van der Waals surface area contributed by atoms with E-state index in [1.54, 1.807) is 18.0 Å². The third kappa shape index (κ3) is 12.1. The number of rotatable bonds is 24. The Morgan fingerprint density at radius 2 is 1.60 bits per heavy atom. The Hall–Kier alpha value is -2.57. The summed E-state index contributed by atoms with van der Waals surface area (Å²) in [6.45, 7) is 12.3. The second-order valence-corrected chi connectivity index (χ2v) is 15.1. The van der Waals surface area contributed by atoms with E-state index in [2.05, 4.69) is 55.6 Å². The Morgan fingerprint density at radius 3 is 2.26 bits per heavy atom. The number of anilines is 1. The Morgan fingerprint density at radius 1 is 0.936 bits per heavy atom. The van der Waals surface area contributed by atoms with Gasteiger partial charge in [0.25, 0.3) is 0 Å². The maximum atomic E-state index is 14.9. The monoisotopic (exact) mass is 660 g/mol. The Balaban J connectivity index is 1.10. The van der Waals surface area contributed by atoms with Crippen LogP contribution in [0.5, 0.6) is 0 Å². The van der Waals surface area contributed by atoms with Gasteiger partial charge in [0.15, 0.2) is 0 Å². The highest BCUT2D eigenvalue weighted by Crippen LogP contribution is 2.47. The van der Waals surface area contributed by atoms with Crippen molar-refractivity contribution in [3.05, 3.63) is 82.2 Å². The van der Waals surface area contributed by atoms with Crippen LogP contribution >= 0.6 is 11.9 Å². The molecule has 47 heavy (non-hydrogen) atoms. The van der Waals surface area contributed by atoms with Gasteiger partial charge in [0.2, 0.25) is 0 Å². The van der Waals surface area contributed by atoms with Gasteiger partial charge in [0, 0.05) is 29.1 Å². The number of nitrogens with one attached hydrogen (secondary N) is 3. The van der Waals surface area contributed by atoms with E-state index in [0.29, 0.717) is 11.6 Å². The van der Waals surface area contributed by atoms with Crippen LogP contribution in [0.3, 0.4) is 0 Å². The normalized spacial score (nSPS) is 17.7. The minimum Gasteiger partial charge on any atom is -0.383 e. The predicted octanol–water partition coefficient (Wildman–Crippen LogP) is 11.1. The largest absolute Gasteiger partial charge is 0.383 e. The molecule has 5 N–H and O–H groups in total. The molecule has 2 aliphatic carbocycles. The van der Waals surface area contributed by atoms with Gasteiger partial charge < -0.3 is 15.8 Å². The highest BCUT2D eigenvalue weighted by molar-refractivity contribution is 7.97.